The number of carbonyl (C=O) groups is 1. The Morgan fingerprint density at radius 1 is 1.39 bits per heavy atom. The minimum Gasteiger partial charge on any atom is -0.492 e. The summed E-state index contributed by atoms with van der Waals surface area (Å²) in [5.41, 5.74) is 0. The fourth-order valence-corrected chi connectivity index (χ4v) is 1.52. The van der Waals surface area contributed by atoms with Gasteiger partial charge in [-0.25, -0.2) is 0 Å². The van der Waals surface area contributed by atoms with Crippen LogP contribution in [0.1, 0.15) is 12.8 Å². The maximum absolute atomic E-state index is 11.3. The van der Waals surface area contributed by atoms with Crippen LogP contribution in [0, 0.1) is 0 Å². The van der Waals surface area contributed by atoms with Gasteiger partial charge >= 0.3 is 0 Å². The van der Waals surface area contributed by atoms with Crippen LogP contribution in [0.2, 0.25) is 5.02 Å². The van der Waals surface area contributed by atoms with Crippen molar-refractivity contribution >= 4 is 29.1 Å². The van der Waals surface area contributed by atoms with Gasteiger partial charge in [-0.1, -0.05) is 41.9 Å². The fourth-order valence-electron chi connectivity index (χ4n) is 1.26. The van der Waals surface area contributed by atoms with Crippen LogP contribution in [0.5, 0.6) is 5.75 Å². The largest absolute Gasteiger partial charge is 0.492 e. The van der Waals surface area contributed by atoms with Crippen LogP contribution in [0.4, 0.5) is 0 Å². The summed E-state index contributed by atoms with van der Waals surface area (Å²) in [5, 5.41) is 3.62. The van der Waals surface area contributed by atoms with Gasteiger partial charge in [0.25, 0.3) is 0 Å². The molecule has 0 spiro atoms. The molecule has 1 N–H and O–H groups in total. The first-order valence-corrected chi connectivity index (χ1v) is 6.32. The lowest BCUT2D eigenvalue weighted by Crippen LogP contribution is -2.24. The van der Waals surface area contributed by atoms with Crippen molar-refractivity contribution < 1.29 is 9.53 Å². The van der Waals surface area contributed by atoms with Gasteiger partial charge in [-0.05, 0) is 18.6 Å². The molecule has 0 atom stereocenters. The number of rotatable bonds is 7. The summed E-state index contributed by atoms with van der Waals surface area (Å²) in [4.78, 5) is 11.3. The van der Waals surface area contributed by atoms with Crippen LogP contribution >= 0.6 is 23.2 Å². The van der Waals surface area contributed by atoms with E-state index in [1.807, 2.05) is 12.1 Å². The van der Waals surface area contributed by atoms with Crippen molar-refractivity contribution in [1.29, 1.82) is 0 Å². The van der Waals surface area contributed by atoms with Crippen LogP contribution in [0.15, 0.2) is 35.9 Å². The molecule has 0 aliphatic heterocycles. The summed E-state index contributed by atoms with van der Waals surface area (Å²) in [6, 6.07) is 7.23. The highest BCUT2D eigenvalue weighted by Gasteiger charge is 2.03. The zero-order valence-electron chi connectivity index (χ0n) is 9.92. The van der Waals surface area contributed by atoms with Gasteiger partial charge in [0.15, 0.2) is 0 Å². The molecule has 0 saturated heterocycles. The number of amides is 1. The van der Waals surface area contributed by atoms with E-state index >= 15 is 0 Å². The molecule has 1 aromatic rings. The Bertz CT molecular complexity index is 421. The van der Waals surface area contributed by atoms with Gasteiger partial charge < -0.3 is 10.1 Å². The van der Waals surface area contributed by atoms with Crippen molar-refractivity contribution in [2.24, 2.45) is 0 Å². The number of benzene rings is 1. The van der Waals surface area contributed by atoms with Crippen LogP contribution in [0.25, 0.3) is 0 Å². The highest BCUT2D eigenvalue weighted by Crippen LogP contribution is 2.23. The van der Waals surface area contributed by atoms with E-state index < -0.39 is 0 Å². The summed E-state index contributed by atoms with van der Waals surface area (Å²) in [7, 11) is 0. The molecular weight excluding hydrogens is 273 g/mol. The van der Waals surface area contributed by atoms with E-state index in [-0.39, 0.29) is 5.91 Å². The van der Waals surface area contributed by atoms with Crippen molar-refractivity contribution in [3.8, 4) is 5.75 Å². The normalized spacial score (nSPS) is 9.89. The fraction of sp³-hybridized carbons (Fsp3) is 0.308. The lowest BCUT2D eigenvalue weighted by Gasteiger charge is -2.07. The maximum atomic E-state index is 11.3. The monoisotopic (exact) mass is 287 g/mol. The Morgan fingerprint density at radius 3 is 2.78 bits per heavy atom. The molecule has 1 amide bonds. The van der Waals surface area contributed by atoms with Crippen molar-refractivity contribution in [2.75, 3.05) is 13.2 Å². The van der Waals surface area contributed by atoms with E-state index in [0.29, 0.717) is 41.8 Å². The molecule has 0 aliphatic rings. The molecule has 0 aliphatic carbocycles. The van der Waals surface area contributed by atoms with E-state index in [1.54, 1.807) is 12.1 Å². The molecule has 3 nitrogen and oxygen atoms in total. The second-order valence-electron chi connectivity index (χ2n) is 3.68. The van der Waals surface area contributed by atoms with Gasteiger partial charge in [0.05, 0.1) is 18.2 Å². The molecule has 0 fully saturated rings. The van der Waals surface area contributed by atoms with Gasteiger partial charge in [0.2, 0.25) is 5.91 Å². The lowest BCUT2D eigenvalue weighted by atomic mass is 10.3. The molecule has 0 unspecified atom stereocenters. The third-order valence-electron chi connectivity index (χ3n) is 2.12. The number of hydrogen-bond acceptors (Lipinski definition) is 2. The summed E-state index contributed by atoms with van der Waals surface area (Å²) >= 11 is 11.5. The molecule has 5 heteroatoms. The molecule has 98 valence electrons. The van der Waals surface area contributed by atoms with E-state index in [4.69, 9.17) is 27.9 Å². The smallest absolute Gasteiger partial charge is 0.220 e. The topological polar surface area (TPSA) is 38.3 Å². The van der Waals surface area contributed by atoms with Gasteiger partial charge in [0.1, 0.15) is 5.75 Å². The summed E-state index contributed by atoms with van der Waals surface area (Å²) in [6.45, 7) is 4.23. The second kappa shape index (κ2) is 8.01. The molecule has 0 radical (unpaired) electrons. The minimum atomic E-state index is -0.0699. The summed E-state index contributed by atoms with van der Waals surface area (Å²) in [6.07, 6.45) is 1.00. The number of carbonyl (C=O) groups excluding carboxylic acids is 1. The molecule has 18 heavy (non-hydrogen) atoms. The molecule has 0 aromatic heterocycles. The molecule has 1 rings (SSSR count). The molecule has 1 aromatic carbocycles. The predicted octanol–water partition coefficient (Wildman–Crippen LogP) is 3.37. The Balaban J connectivity index is 2.17. The Labute approximate surface area is 117 Å². The van der Waals surface area contributed by atoms with Crippen LogP contribution in [-0.2, 0) is 4.79 Å². The van der Waals surface area contributed by atoms with Crippen molar-refractivity contribution in [2.45, 2.75) is 12.8 Å². The third kappa shape index (κ3) is 5.94. The average Bonchev–Trinajstić information content (AvgIpc) is 2.34. The molecule has 0 saturated carbocycles. The quantitative estimate of drug-likeness (QED) is 0.781. The summed E-state index contributed by atoms with van der Waals surface area (Å²) < 4.78 is 5.46. The standard InChI is InChI=1S/C13H15Cl2NO2/c1-10(14)9-16-13(17)7-4-8-18-12-6-3-2-5-11(12)15/h2-3,5-6H,1,4,7-9H2,(H,16,17). The zero-order chi connectivity index (χ0) is 13.4. The van der Waals surface area contributed by atoms with E-state index in [2.05, 4.69) is 11.9 Å². The second-order valence-corrected chi connectivity index (χ2v) is 4.62. The predicted molar refractivity (Wildman–Crippen MR) is 74.2 cm³/mol. The Kier molecular flexibility index (Phi) is 6.61. The molecular formula is C13H15Cl2NO2. The van der Waals surface area contributed by atoms with Crippen LogP contribution in [-0.4, -0.2) is 19.1 Å². The first-order valence-electron chi connectivity index (χ1n) is 5.57. The van der Waals surface area contributed by atoms with Crippen molar-refractivity contribution in [3.63, 3.8) is 0 Å². The number of halogens is 2. The van der Waals surface area contributed by atoms with Gasteiger partial charge in [0, 0.05) is 11.5 Å². The number of hydrogen-bond donors (Lipinski definition) is 1. The zero-order valence-corrected chi connectivity index (χ0v) is 11.4. The first kappa shape index (κ1) is 14.9. The molecule has 0 heterocycles. The SMILES string of the molecule is C=C(Cl)CNC(=O)CCCOc1ccccc1Cl. The minimum absolute atomic E-state index is 0.0699. The number of nitrogens with one attached hydrogen (secondary N) is 1. The van der Waals surface area contributed by atoms with E-state index in [1.165, 1.54) is 0 Å². The van der Waals surface area contributed by atoms with Gasteiger partial charge in [-0.3, -0.25) is 4.79 Å². The van der Waals surface area contributed by atoms with Crippen molar-refractivity contribution in [3.05, 3.63) is 40.9 Å². The highest BCUT2D eigenvalue weighted by molar-refractivity contribution is 6.32. The highest BCUT2D eigenvalue weighted by atomic mass is 35.5. The van der Waals surface area contributed by atoms with Crippen molar-refractivity contribution in [1.82, 2.24) is 5.32 Å². The summed E-state index contributed by atoms with van der Waals surface area (Å²) in [5.74, 6) is 0.563. The molecule has 0 bridgehead atoms. The van der Waals surface area contributed by atoms with E-state index in [9.17, 15) is 4.79 Å². The van der Waals surface area contributed by atoms with E-state index in [0.717, 1.165) is 0 Å². The Morgan fingerprint density at radius 2 is 2.11 bits per heavy atom. The number of para-hydroxylation sites is 1. The van der Waals surface area contributed by atoms with Gasteiger partial charge in [-0.15, -0.1) is 0 Å². The van der Waals surface area contributed by atoms with Crippen LogP contribution in [0.3, 0.4) is 0 Å². The van der Waals surface area contributed by atoms with Crippen LogP contribution < -0.4 is 10.1 Å². The average molecular weight is 288 g/mol. The Hall–Kier alpha value is -1.19. The third-order valence-corrected chi connectivity index (χ3v) is 2.57. The van der Waals surface area contributed by atoms with Gasteiger partial charge in [-0.2, -0.15) is 0 Å². The maximum Gasteiger partial charge on any atom is 0.220 e. The number of ether oxygens (including phenoxy) is 1. The lowest BCUT2D eigenvalue weighted by molar-refractivity contribution is -0.121. The first-order chi connectivity index (χ1) is 8.59.